The van der Waals surface area contributed by atoms with Gasteiger partial charge in [-0.1, -0.05) is 30.7 Å². The number of halogens is 1. The number of fused-ring (bicyclic) bond motifs is 1. The number of thiazole rings is 1. The summed E-state index contributed by atoms with van der Waals surface area (Å²) in [6.07, 6.45) is 2.05. The Labute approximate surface area is 173 Å². The maximum atomic E-state index is 14.4. The molecule has 0 aliphatic heterocycles. The van der Waals surface area contributed by atoms with Gasteiger partial charge in [0.25, 0.3) is 5.91 Å². The van der Waals surface area contributed by atoms with Crippen LogP contribution in [-0.4, -0.2) is 30.3 Å². The fraction of sp³-hybridized carbons (Fsp3) is 0.364. The number of hydrogen-bond acceptors (Lipinski definition) is 4. The van der Waals surface area contributed by atoms with E-state index in [9.17, 15) is 9.18 Å². The van der Waals surface area contributed by atoms with Crippen LogP contribution in [0.5, 0.6) is 5.75 Å². The van der Waals surface area contributed by atoms with Gasteiger partial charge in [-0.2, -0.15) is 4.99 Å². The molecule has 29 heavy (non-hydrogen) atoms. The zero-order valence-corrected chi connectivity index (χ0v) is 17.5. The molecule has 2 aromatic carbocycles. The van der Waals surface area contributed by atoms with E-state index in [1.54, 1.807) is 34.9 Å². The molecule has 0 atom stereocenters. The van der Waals surface area contributed by atoms with Crippen molar-refractivity contribution in [1.29, 1.82) is 0 Å². The number of carbonyl (C=O) groups is 1. The molecule has 3 aromatic rings. The number of para-hydroxylation sites is 1. The summed E-state index contributed by atoms with van der Waals surface area (Å²) in [5, 5.41) is 0. The van der Waals surface area contributed by atoms with E-state index in [1.807, 2.05) is 13.0 Å². The highest BCUT2D eigenvalue weighted by Gasteiger charge is 2.12. The molecule has 1 amide bonds. The Balaban J connectivity index is 1.89. The number of rotatable bonds is 9. The number of ether oxygens (including phenoxy) is 2. The summed E-state index contributed by atoms with van der Waals surface area (Å²) in [7, 11) is 0. The van der Waals surface area contributed by atoms with Crippen LogP contribution >= 0.6 is 11.3 Å². The van der Waals surface area contributed by atoms with Crippen molar-refractivity contribution in [2.75, 3.05) is 19.8 Å². The third-order valence-electron chi connectivity index (χ3n) is 4.38. The largest absolute Gasteiger partial charge is 0.494 e. The standard InChI is InChI=1S/C22H25FN2O3S/c1-3-5-14-28-17-11-9-16(10-12-17)21(26)24-22-25(13-15-27-4-2)20-18(23)7-6-8-19(20)29-22/h6-12H,3-5,13-15H2,1-2H3. The van der Waals surface area contributed by atoms with Crippen molar-refractivity contribution in [2.45, 2.75) is 33.2 Å². The lowest BCUT2D eigenvalue weighted by molar-refractivity contribution is 0.0996. The predicted octanol–water partition coefficient (Wildman–Crippen LogP) is 4.80. The summed E-state index contributed by atoms with van der Waals surface area (Å²) in [4.78, 5) is 17.4. The first-order valence-electron chi connectivity index (χ1n) is 9.81. The summed E-state index contributed by atoms with van der Waals surface area (Å²) >= 11 is 1.29. The molecule has 0 bridgehead atoms. The number of amides is 1. The van der Waals surface area contributed by atoms with Crippen LogP contribution in [0.4, 0.5) is 4.39 Å². The minimum Gasteiger partial charge on any atom is -0.494 e. The molecule has 1 heterocycles. The Morgan fingerprint density at radius 2 is 1.93 bits per heavy atom. The van der Waals surface area contributed by atoms with Crippen molar-refractivity contribution in [2.24, 2.45) is 4.99 Å². The summed E-state index contributed by atoms with van der Waals surface area (Å²) in [5.41, 5.74) is 0.908. The molecule has 0 unspecified atom stereocenters. The van der Waals surface area contributed by atoms with E-state index < -0.39 is 0 Å². The molecular weight excluding hydrogens is 391 g/mol. The number of unbranched alkanes of at least 4 members (excludes halogenated alkanes) is 1. The third kappa shape index (κ3) is 5.31. The average Bonchev–Trinajstić information content (AvgIpc) is 3.07. The molecule has 0 spiro atoms. The van der Waals surface area contributed by atoms with E-state index in [0.717, 1.165) is 23.3 Å². The van der Waals surface area contributed by atoms with E-state index in [1.165, 1.54) is 17.4 Å². The van der Waals surface area contributed by atoms with Gasteiger partial charge in [0.15, 0.2) is 4.80 Å². The van der Waals surface area contributed by atoms with Crippen LogP contribution in [0, 0.1) is 5.82 Å². The second kappa shape index (κ2) is 10.3. The first-order chi connectivity index (χ1) is 14.1. The van der Waals surface area contributed by atoms with Gasteiger partial charge in [-0.25, -0.2) is 4.39 Å². The van der Waals surface area contributed by atoms with Crippen LogP contribution in [0.2, 0.25) is 0 Å². The highest BCUT2D eigenvalue weighted by atomic mass is 32.1. The Morgan fingerprint density at radius 3 is 2.66 bits per heavy atom. The van der Waals surface area contributed by atoms with Gasteiger partial charge < -0.3 is 14.0 Å². The Hall–Kier alpha value is -2.51. The monoisotopic (exact) mass is 416 g/mol. The highest BCUT2D eigenvalue weighted by molar-refractivity contribution is 7.16. The molecule has 0 N–H and O–H groups in total. The van der Waals surface area contributed by atoms with Crippen LogP contribution in [0.25, 0.3) is 10.2 Å². The van der Waals surface area contributed by atoms with E-state index in [0.29, 0.717) is 42.2 Å². The second-order valence-electron chi connectivity index (χ2n) is 6.46. The Morgan fingerprint density at radius 1 is 1.14 bits per heavy atom. The molecule has 0 radical (unpaired) electrons. The van der Waals surface area contributed by atoms with Crippen molar-refractivity contribution in [1.82, 2.24) is 4.57 Å². The van der Waals surface area contributed by atoms with Crippen molar-refractivity contribution in [3.63, 3.8) is 0 Å². The average molecular weight is 417 g/mol. The van der Waals surface area contributed by atoms with Crippen LogP contribution < -0.4 is 9.54 Å². The third-order valence-corrected chi connectivity index (χ3v) is 5.42. The number of nitrogens with zero attached hydrogens (tertiary/aromatic N) is 2. The van der Waals surface area contributed by atoms with Crippen molar-refractivity contribution >= 4 is 27.5 Å². The van der Waals surface area contributed by atoms with Gasteiger partial charge in [-0.15, -0.1) is 0 Å². The Kier molecular flexibility index (Phi) is 7.55. The Bertz CT molecular complexity index is 1020. The van der Waals surface area contributed by atoms with Crippen molar-refractivity contribution in [3.05, 3.63) is 58.6 Å². The van der Waals surface area contributed by atoms with Crippen LogP contribution in [0.3, 0.4) is 0 Å². The van der Waals surface area contributed by atoms with Gasteiger partial charge in [0.1, 0.15) is 11.6 Å². The van der Waals surface area contributed by atoms with Crippen LogP contribution in [-0.2, 0) is 11.3 Å². The zero-order valence-electron chi connectivity index (χ0n) is 16.7. The normalized spacial score (nSPS) is 11.9. The predicted molar refractivity (Wildman–Crippen MR) is 113 cm³/mol. The van der Waals surface area contributed by atoms with Gasteiger partial charge in [-0.3, -0.25) is 4.79 Å². The molecule has 0 aliphatic carbocycles. The topological polar surface area (TPSA) is 52.8 Å². The minimum absolute atomic E-state index is 0.335. The molecule has 0 saturated heterocycles. The van der Waals surface area contributed by atoms with E-state index in [4.69, 9.17) is 9.47 Å². The van der Waals surface area contributed by atoms with Gasteiger partial charge in [-0.05, 0) is 49.7 Å². The molecule has 0 fully saturated rings. The fourth-order valence-corrected chi connectivity index (χ4v) is 3.93. The molecule has 5 nitrogen and oxygen atoms in total. The lowest BCUT2D eigenvalue weighted by Crippen LogP contribution is -2.20. The van der Waals surface area contributed by atoms with Gasteiger partial charge in [0, 0.05) is 18.7 Å². The van der Waals surface area contributed by atoms with Crippen LogP contribution in [0.1, 0.15) is 37.0 Å². The molecule has 0 aliphatic rings. The van der Waals surface area contributed by atoms with E-state index in [2.05, 4.69) is 11.9 Å². The van der Waals surface area contributed by atoms with Crippen molar-refractivity contribution < 1.29 is 18.7 Å². The van der Waals surface area contributed by atoms with Gasteiger partial charge >= 0.3 is 0 Å². The van der Waals surface area contributed by atoms with Crippen molar-refractivity contribution in [3.8, 4) is 5.75 Å². The SMILES string of the molecule is CCCCOc1ccc(C(=O)N=c2sc3cccc(F)c3n2CCOCC)cc1. The lowest BCUT2D eigenvalue weighted by Gasteiger charge is -2.06. The van der Waals surface area contributed by atoms with Gasteiger partial charge in [0.05, 0.1) is 23.4 Å². The molecule has 0 saturated carbocycles. The minimum atomic E-state index is -0.373. The summed E-state index contributed by atoms with van der Waals surface area (Å²) in [5.74, 6) is 0.0191. The number of hydrogen-bond donors (Lipinski definition) is 0. The summed E-state index contributed by atoms with van der Waals surface area (Å²) in [6, 6.07) is 11.8. The number of aromatic nitrogens is 1. The zero-order chi connectivity index (χ0) is 20.6. The molecule has 3 rings (SSSR count). The maximum Gasteiger partial charge on any atom is 0.279 e. The lowest BCUT2D eigenvalue weighted by atomic mass is 10.2. The number of carbonyl (C=O) groups excluding carboxylic acids is 1. The quantitative estimate of drug-likeness (QED) is 0.471. The highest BCUT2D eigenvalue weighted by Crippen LogP contribution is 2.20. The second-order valence-corrected chi connectivity index (χ2v) is 7.47. The van der Waals surface area contributed by atoms with E-state index >= 15 is 0 Å². The molecule has 154 valence electrons. The summed E-state index contributed by atoms with van der Waals surface area (Å²) < 4.78 is 27.9. The first-order valence-corrected chi connectivity index (χ1v) is 10.6. The number of benzene rings is 2. The van der Waals surface area contributed by atoms with Crippen LogP contribution in [0.15, 0.2) is 47.5 Å². The van der Waals surface area contributed by atoms with E-state index in [-0.39, 0.29) is 11.7 Å². The maximum absolute atomic E-state index is 14.4. The summed E-state index contributed by atoms with van der Waals surface area (Å²) in [6.45, 7) is 6.08. The fourth-order valence-electron chi connectivity index (χ4n) is 2.86. The first kappa shape index (κ1) is 21.2. The molecular formula is C22H25FN2O3S. The molecule has 1 aromatic heterocycles. The van der Waals surface area contributed by atoms with Gasteiger partial charge in [0.2, 0.25) is 0 Å². The molecule has 7 heteroatoms. The smallest absolute Gasteiger partial charge is 0.279 e.